The number of nitrogens with one attached hydrogen (secondary N) is 1. The van der Waals surface area contributed by atoms with Gasteiger partial charge < -0.3 is 10.1 Å². The van der Waals surface area contributed by atoms with E-state index in [4.69, 9.17) is 4.74 Å². The van der Waals surface area contributed by atoms with Crippen molar-refractivity contribution in [3.8, 4) is 5.88 Å². The number of carbonyl (C=O) groups excluding carboxylic acids is 1. The fraction of sp³-hybridized carbons (Fsp3) is 0.438. The third-order valence-corrected chi connectivity index (χ3v) is 4.66. The van der Waals surface area contributed by atoms with E-state index in [9.17, 15) is 4.79 Å². The van der Waals surface area contributed by atoms with E-state index < -0.39 is 0 Å². The topological polar surface area (TPSA) is 64.1 Å². The van der Waals surface area contributed by atoms with Gasteiger partial charge in [0.05, 0.1) is 12.6 Å². The Hall–Kier alpha value is -1.95. The minimum absolute atomic E-state index is 0.112. The minimum atomic E-state index is 0.112. The summed E-state index contributed by atoms with van der Waals surface area (Å²) in [7, 11) is 0. The molecule has 0 spiro atoms. The number of thiophene rings is 1. The number of aromatic nitrogens is 2. The molecule has 22 heavy (non-hydrogen) atoms. The summed E-state index contributed by atoms with van der Waals surface area (Å²) in [6.45, 7) is 0. The van der Waals surface area contributed by atoms with Gasteiger partial charge in [0.1, 0.15) is 6.10 Å². The van der Waals surface area contributed by atoms with Crippen LogP contribution in [0.5, 0.6) is 5.88 Å². The summed E-state index contributed by atoms with van der Waals surface area (Å²) in [4.78, 5) is 21.2. The number of hydrogen-bond donors (Lipinski definition) is 1. The Balaban J connectivity index is 1.41. The van der Waals surface area contributed by atoms with E-state index in [0.29, 0.717) is 12.3 Å². The molecule has 0 atom stereocenters. The lowest BCUT2D eigenvalue weighted by atomic mass is 9.93. The fourth-order valence-corrected chi connectivity index (χ4v) is 3.40. The maximum atomic E-state index is 12.0. The molecule has 5 nitrogen and oxygen atoms in total. The predicted molar refractivity (Wildman–Crippen MR) is 84.9 cm³/mol. The Morgan fingerprint density at radius 1 is 1.32 bits per heavy atom. The zero-order valence-corrected chi connectivity index (χ0v) is 13.1. The Morgan fingerprint density at radius 3 is 2.86 bits per heavy atom. The summed E-state index contributed by atoms with van der Waals surface area (Å²) in [6, 6.07) is 4.23. The zero-order valence-electron chi connectivity index (χ0n) is 12.3. The van der Waals surface area contributed by atoms with Gasteiger partial charge in [-0.1, -0.05) is 6.07 Å². The van der Waals surface area contributed by atoms with Crippen LogP contribution in [-0.2, 0) is 11.2 Å². The van der Waals surface area contributed by atoms with E-state index in [1.54, 1.807) is 29.9 Å². The zero-order chi connectivity index (χ0) is 15.2. The molecule has 116 valence electrons. The number of hydrogen-bond acceptors (Lipinski definition) is 5. The number of rotatable bonds is 5. The largest absolute Gasteiger partial charge is 0.473 e. The summed E-state index contributed by atoms with van der Waals surface area (Å²) in [5.74, 6) is 0.688. The summed E-state index contributed by atoms with van der Waals surface area (Å²) < 4.78 is 5.81. The van der Waals surface area contributed by atoms with Gasteiger partial charge in [-0.2, -0.15) is 0 Å². The first-order chi connectivity index (χ1) is 10.8. The lowest BCUT2D eigenvalue weighted by molar-refractivity contribution is -0.121. The molecule has 0 saturated heterocycles. The number of ether oxygens (including phenoxy) is 1. The molecule has 1 aliphatic carbocycles. The molecule has 0 unspecified atom stereocenters. The molecule has 1 fully saturated rings. The van der Waals surface area contributed by atoms with Crippen molar-refractivity contribution in [2.24, 2.45) is 0 Å². The van der Waals surface area contributed by atoms with E-state index in [1.165, 1.54) is 0 Å². The molecular formula is C16H19N3O2S. The van der Waals surface area contributed by atoms with Crippen LogP contribution in [-0.4, -0.2) is 28.0 Å². The van der Waals surface area contributed by atoms with Gasteiger partial charge in [-0.25, -0.2) is 4.98 Å². The second-order valence-electron chi connectivity index (χ2n) is 5.46. The molecule has 1 N–H and O–H groups in total. The van der Waals surface area contributed by atoms with E-state index >= 15 is 0 Å². The Labute approximate surface area is 133 Å². The first-order valence-corrected chi connectivity index (χ1v) is 8.42. The summed E-state index contributed by atoms with van der Waals surface area (Å²) in [5, 5.41) is 5.12. The number of nitrogens with zero attached hydrogens (tertiary/aromatic N) is 2. The SMILES string of the molecule is O=C(Cc1cccs1)NC1CCC(Oc2cnccn2)CC1. The van der Waals surface area contributed by atoms with Crippen LogP contribution in [0.15, 0.2) is 36.1 Å². The highest BCUT2D eigenvalue weighted by molar-refractivity contribution is 7.10. The van der Waals surface area contributed by atoms with Crippen LogP contribution in [0.4, 0.5) is 0 Å². The van der Waals surface area contributed by atoms with Crippen molar-refractivity contribution in [2.45, 2.75) is 44.2 Å². The van der Waals surface area contributed by atoms with Gasteiger partial charge in [-0.05, 0) is 37.1 Å². The van der Waals surface area contributed by atoms with Gasteiger partial charge in [0.15, 0.2) is 0 Å². The van der Waals surface area contributed by atoms with Crippen LogP contribution in [0.25, 0.3) is 0 Å². The van der Waals surface area contributed by atoms with Crippen LogP contribution in [0, 0.1) is 0 Å². The van der Waals surface area contributed by atoms with E-state index in [1.807, 2.05) is 17.5 Å². The molecule has 0 bridgehead atoms. The van der Waals surface area contributed by atoms with Crippen molar-refractivity contribution >= 4 is 17.2 Å². The van der Waals surface area contributed by atoms with Crippen LogP contribution in [0.1, 0.15) is 30.6 Å². The average molecular weight is 317 g/mol. The Morgan fingerprint density at radius 2 is 2.18 bits per heavy atom. The smallest absolute Gasteiger partial charge is 0.232 e. The molecule has 1 saturated carbocycles. The lowest BCUT2D eigenvalue weighted by Crippen LogP contribution is -2.40. The van der Waals surface area contributed by atoms with Gasteiger partial charge in [0, 0.05) is 23.3 Å². The molecule has 0 radical (unpaired) electrons. The van der Waals surface area contributed by atoms with Crippen molar-refractivity contribution in [3.05, 3.63) is 41.0 Å². The fourth-order valence-electron chi connectivity index (χ4n) is 2.69. The molecule has 3 rings (SSSR count). The average Bonchev–Trinajstić information content (AvgIpc) is 3.03. The molecule has 2 aromatic rings. The monoisotopic (exact) mass is 317 g/mol. The van der Waals surface area contributed by atoms with Crippen LogP contribution >= 0.6 is 11.3 Å². The molecule has 1 aliphatic rings. The molecule has 2 heterocycles. The lowest BCUT2D eigenvalue weighted by Gasteiger charge is -2.29. The standard InChI is InChI=1S/C16H19N3O2S/c20-15(10-14-2-1-9-22-14)19-12-3-5-13(6-4-12)21-16-11-17-7-8-18-16/h1-2,7-9,11-13H,3-6,10H2,(H,19,20). The van der Waals surface area contributed by atoms with Crippen molar-refractivity contribution in [1.29, 1.82) is 0 Å². The molecule has 2 aromatic heterocycles. The molecule has 0 aliphatic heterocycles. The third-order valence-electron chi connectivity index (χ3n) is 3.78. The van der Waals surface area contributed by atoms with Crippen LogP contribution in [0.2, 0.25) is 0 Å². The first-order valence-electron chi connectivity index (χ1n) is 7.54. The van der Waals surface area contributed by atoms with Gasteiger partial charge in [0.25, 0.3) is 0 Å². The predicted octanol–water partition coefficient (Wildman–Crippen LogP) is 2.59. The van der Waals surface area contributed by atoms with Gasteiger partial charge in [-0.3, -0.25) is 9.78 Å². The van der Waals surface area contributed by atoms with E-state index in [-0.39, 0.29) is 18.1 Å². The summed E-state index contributed by atoms with van der Waals surface area (Å²) in [5.41, 5.74) is 0. The minimum Gasteiger partial charge on any atom is -0.473 e. The van der Waals surface area contributed by atoms with Gasteiger partial charge in [0.2, 0.25) is 11.8 Å². The number of carbonyl (C=O) groups is 1. The molecule has 1 amide bonds. The highest BCUT2D eigenvalue weighted by Crippen LogP contribution is 2.22. The highest BCUT2D eigenvalue weighted by Gasteiger charge is 2.24. The van der Waals surface area contributed by atoms with E-state index in [2.05, 4.69) is 15.3 Å². The molecule has 0 aromatic carbocycles. The molecular weight excluding hydrogens is 298 g/mol. The maximum absolute atomic E-state index is 12.0. The Kier molecular flexibility index (Phi) is 5.00. The second-order valence-corrected chi connectivity index (χ2v) is 6.49. The maximum Gasteiger partial charge on any atom is 0.232 e. The first kappa shape index (κ1) is 15.0. The van der Waals surface area contributed by atoms with Crippen LogP contribution < -0.4 is 10.1 Å². The summed E-state index contributed by atoms with van der Waals surface area (Å²) >= 11 is 1.62. The van der Waals surface area contributed by atoms with Crippen LogP contribution in [0.3, 0.4) is 0 Å². The van der Waals surface area contributed by atoms with Gasteiger partial charge in [-0.15, -0.1) is 11.3 Å². The normalized spacial score (nSPS) is 21.3. The molecule has 6 heteroatoms. The quantitative estimate of drug-likeness (QED) is 0.920. The van der Waals surface area contributed by atoms with Crippen molar-refractivity contribution in [2.75, 3.05) is 0 Å². The van der Waals surface area contributed by atoms with E-state index in [0.717, 1.165) is 30.6 Å². The number of amides is 1. The summed E-state index contributed by atoms with van der Waals surface area (Å²) in [6.07, 6.45) is 9.30. The van der Waals surface area contributed by atoms with Crippen molar-refractivity contribution in [1.82, 2.24) is 15.3 Å². The second kappa shape index (κ2) is 7.35. The van der Waals surface area contributed by atoms with Crippen molar-refractivity contribution < 1.29 is 9.53 Å². The third kappa shape index (κ3) is 4.27. The van der Waals surface area contributed by atoms with Crippen molar-refractivity contribution in [3.63, 3.8) is 0 Å². The Bertz CT molecular complexity index is 581. The van der Waals surface area contributed by atoms with Gasteiger partial charge >= 0.3 is 0 Å². The highest BCUT2D eigenvalue weighted by atomic mass is 32.1.